The van der Waals surface area contributed by atoms with E-state index in [1.807, 2.05) is 6.92 Å². The summed E-state index contributed by atoms with van der Waals surface area (Å²) in [5.74, 6) is -0.0945. The Balaban J connectivity index is 2.41. The van der Waals surface area contributed by atoms with Crippen LogP contribution in [0.15, 0.2) is 11.4 Å². The molecule has 0 saturated carbocycles. The van der Waals surface area contributed by atoms with Crippen LogP contribution < -0.4 is 0 Å². The Bertz CT molecular complexity index is 291. The number of hydrogen-bond donors (Lipinski definition) is 0. The summed E-state index contributed by atoms with van der Waals surface area (Å²) in [5, 5.41) is 2.08. The van der Waals surface area contributed by atoms with E-state index < -0.39 is 0 Å². The lowest BCUT2D eigenvalue weighted by molar-refractivity contribution is -0.143. The van der Waals surface area contributed by atoms with Gasteiger partial charge in [0.25, 0.3) is 0 Å². The van der Waals surface area contributed by atoms with E-state index >= 15 is 0 Å². The highest BCUT2D eigenvalue weighted by Crippen LogP contribution is 2.19. The molecular formula is C11H16O2S. The molecule has 0 aliphatic heterocycles. The van der Waals surface area contributed by atoms with Gasteiger partial charge in [-0.05, 0) is 36.8 Å². The van der Waals surface area contributed by atoms with Crippen molar-refractivity contribution in [2.24, 2.45) is 0 Å². The quantitative estimate of drug-likeness (QED) is 0.701. The lowest BCUT2D eigenvalue weighted by Crippen LogP contribution is -2.05. The highest BCUT2D eigenvalue weighted by Gasteiger charge is 2.06. The van der Waals surface area contributed by atoms with Crippen LogP contribution in [0.2, 0.25) is 0 Å². The number of esters is 1. The van der Waals surface area contributed by atoms with Crippen LogP contribution in [0.3, 0.4) is 0 Å². The molecule has 0 spiro atoms. The molecular weight excluding hydrogens is 196 g/mol. The molecule has 0 aliphatic carbocycles. The Kier molecular flexibility index (Phi) is 4.66. The largest absolute Gasteiger partial charge is 0.466 e. The van der Waals surface area contributed by atoms with Gasteiger partial charge in [-0.3, -0.25) is 4.79 Å². The van der Waals surface area contributed by atoms with Crippen molar-refractivity contribution in [3.8, 4) is 0 Å². The van der Waals surface area contributed by atoms with E-state index in [-0.39, 0.29) is 5.97 Å². The normalized spacial score (nSPS) is 10.1. The van der Waals surface area contributed by atoms with E-state index in [9.17, 15) is 4.79 Å². The van der Waals surface area contributed by atoms with Gasteiger partial charge >= 0.3 is 5.97 Å². The molecule has 0 aromatic carbocycles. The maximum absolute atomic E-state index is 11.1. The molecule has 0 unspecified atom stereocenters. The van der Waals surface area contributed by atoms with Crippen molar-refractivity contribution in [2.45, 2.75) is 33.1 Å². The molecule has 0 N–H and O–H groups in total. The van der Waals surface area contributed by atoms with Gasteiger partial charge in [-0.15, -0.1) is 11.3 Å². The second-order valence-corrected chi connectivity index (χ2v) is 4.03. The van der Waals surface area contributed by atoms with Gasteiger partial charge in [-0.1, -0.05) is 6.92 Å². The van der Waals surface area contributed by atoms with Crippen molar-refractivity contribution < 1.29 is 9.53 Å². The number of ether oxygens (including phenoxy) is 1. The number of aryl methyl sites for hydroxylation is 2. The van der Waals surface area contributed by atoms with Crippen LogP contribution in [0.25, 0.3) is 0 Å². The Morgan fingerprint density at radius 3 is 2.93 bits per heavy atom. The molecule has 0 fully saturated rings. The van der Waals surface area contributed by atoms with Crippen molar-refractivity contribution in [1.82, 2.24) is 0 Å². The number of hydrogen-bond acceptors (Lipinski definition) is 3. The zero-order chi connectivity index (χ0) is 10.4. The van der Waals surface area contributed by atoms with Crippen LogP contribution in [-0.2, 0) is 22.4 Å². The Morgan fingerprint density at radius 2 is 2.29 bits per heavy atom. The standard InChI is InChI=1S/C11H16O2S/c1-3-9-7-8-14-10(9)5-6-11(12)13-4-2/h7-8H,3-6H2,1-2H3. The highest BCUT2D eigenvalue weighted by molar-refractivity contribution is 7.10. The monoisotopic (exact) mass is 212 g/mol. The molecule has 0 saturated heterocycles. The molecule has 2 nitrogen and oxygen atoms in total. The lowest BCUT2D eigenvalue weighted by atomic mass is 10.1. The SMILES string of the molecule is CCOC(=O)CCc1sccc1CC. The van der Waals surface area contributed by atoms with Crippen molar-refractivity contribution >= 4 is 17.3 Å². The molecule has 1 heterocycles. The van der Waals surface area contributed by atoms with Gasteiger partial charge in [-0.25, -0.2) is 0 Å². The van der Waals surface area contributed by atoms with E-state index in [0.29, 0.717) is 13.0 Å². The minimum absolute atomic E-state index is 0.0945. The Morgan fingerprint density at radius 1 is 1.50 bits per heavy atom. The molecule has 0 radical (unpaired) electrons. The summed E-state index contributed by atoms with van der Waals surface area (Å²) >= 11 is 1.73. The molecule has 0 aliphatic rings. The first kappa shape index (κ1) is 11.2. The lowest BCUT2D eigenvalue weighted by Gasteiger charge is -2.01. The van der Waals surface area contributed by atoms with Gasteiger partial charge in [0.05, 0.1) is 13.0 Å². The van der Waals surface area contributed by atoms with Gasteiger partial charge in [0.2, 0.25) is 0 Å². The fourth-order valence-corrected chi connectivity index (χ4v) is 2.33. The Hall–Kier alpha value is -0.830. The van der Waals surface area contributed by atoms with Crippen LogP contribution in [0.1, 0.15) is 30.7 Å². The summed E-state index contributed by atoms with van der Waals surface area (Å²) in [4.78, 5) is 12.4. The van der Waals surface area contributed by atoms with Crippen molar-refractivity contribution in [3.63, 3.8) is 0 Å². The first-order valence-corrected chi connectivity index (χ1v) is 5.86. The van der Waals surface area contributed by atoms with Crippen molar-refractivity contribution in [2.75, 3.05) is 6.61 Å². The van der Waals surface area contributed by atoms with Gasteiger partial charge in [-0.2, -0.15) is 0 Å². The summed E-state index contributed by atoms with van der Waals surface area (Å²) < 4.78 is 4.88. The summed E-state index contributed by atoms with van der Waals surface area (Å²) in [6.45, 7) is 4.44. The zero-order valence-corrected chi connectivity index (χ0v) is 9.52. The minimum atomic E-state index is -0.0945. The third-order valence-corrected chi connectivity index (χ3v) is 3.10. The predicted molar refractivity (Wildman–Crippen MR) is 58.7 cm³/mol. The maximum Gasteiger partial charge on any atom is 0.306 e. The van der Waals surface area contributed by atoms with E-state index in [4.69, 9.17) is 4.74 Å². The minimum Gasteiger partial charge on any atom is -0.466 e. The molecule has 14 heavy (non-hydrogen) atoms. The average Bonchev–Trinajstić information content (AvgIpc) is 2.62. The third-order valence-electron chi connectivity index (χ3n) is 2.08. The first-order chi connectivity index (χ1) is 6.77. The molecule has 78 valence electrons. The molecule has 0 atom stereocenters. The maximum atomic E-state index is 11.1. The molecule has 3 heteroatoms. The average molecular weight is 212 g/mol. The van der Waals surface area contributed by atoms with E-state index in [0.717, 1.165) is 12.8 Å². The number of rotatable bonds is 5. The van der Waals surface area contributed by atoms with Crippen LogP contribution in [0, 0.1) is 0 Å². The van der Waals surface area contributed by atoms with Crippen LogP contribution in [0.4, 0.5) is 0 Å². The molecule has 0 bridgehead atoms. The van der Waals surface area contributed by atoms with Crippen LogP contribution in [-0.4, -0.2) is 12.6 Å². The van der Waals surface area contributed by atoms with E-state index in [1.165, 1.54) is 10.4 Å². The topological polar surface area (TPSA) is 26.3 Å². The fraction of sp³-hybridized carbons (Fsp3) is 0.545. The summed E-state index contributed by atoms with van der Waals surface area (Å²) in [7, 11) is 0. The van der Waals surface area contributed by atoms with E-state index in [2.05, 4.69) is 18.4 Å². The molecule has 0 amide bonds. The van der Waals surface area contributed by atoms with E-state index in [1.54, 1.807) is 11.3 Å². The van der Waals surface area contributed by atoms with Crippen LogP contribution in [0.5, 0.6) is 0 Å². The van der Waals surface area contributed by atoms with Gasteiger partial charge in [0.1, 0.15) is 0 Å². The van der Waals surface area contributed by atoms with Gasteiger partial charge in [0, 0.05) is 4.88 Å². The van der Waals surface area contributed by atoms with Gasteiger partial charge < -0.3 is 4.74 Å². The summed E-state index contributed by atoms with van der Waals surface area (Å²) in [5.41, 5.74) is 1.36. The third kappa shape index (κ3) is 3.14. The summed E-state index contributed by atoms with van der Waals surface area (Å²) in [6.07, 6.45) is 2.36. The zero-order valence-electron chi connectivity index (χ0n) is 8.71. The summed E-state index contributed by atoms with van der Waals surface area (Å²) in [6, 6.07) is 2.13. The second-order valence-electron chi connectivity index (χ2n) is 3.03. The smallest absolute Gasteiger partial charge is 0.306 e. The van der Waals surface area contributed by atoms with Crippen molar-refractivity contribution in [1.29, 1.82) is 0 Å². The number of carbonyl (C=O) groups excluding carboxylic acids is 1. The second kappa shape index (κ2) is 5.81. The van der Waals surface area contributed by atoms with Crippen LogP contribution >= 0.6 is 11.3 Å². The highest BCUT2D eigenvalue weighted by atomic mass is 32.1. The predicted octanol–water partition coefficient (Wildman–Crippen LogP) is 2.81. The number of thiophene rings is 1. The van der Waals surface area contributed by atoms with Gasteiger partial charge in [0.15, 0.2) is 0 Å². The van der Waals surface area contributed by atoms with Crippen molar-refractivity contribution in [3.05, 3.63) is 21.9 Å². The number of carbonyl (C=O) groups is 1. The first-order valence-electron chi connectivity index (χ1n) is 4.98. The Labute approximate surface area is 88.9 Å². The molecule has 1 rings (SSSR count). The molecule has 1 aromatic rings. The fourth-order valence-electron chi connectivity index (χ4n) is 1.35. The molecule has 1 aromatic heterocycles.